The Labute approximate surface area is 116 Å². The molecule has 4 nitrogen and oxygen atoms in total. The van der Waals surface area contributed by atoms with Crippen molar-refractivity contribution in [3.63, 3.8) is 0 Å². The maximum Gasteiger partial charge on any atom is 0.308 e. The predicted molar refractivity (Wildman–Crippen MR) is 73.9 cm³/mol. The van der Waals surface area contributed by atoms with Crippen molar-refractivity contribution in [3.8, 4) is 0 Å². The van der Waals surface area contributed by atoms with Gasteiger partial charge in [0.1, 0.15) is 0 Å². The molecule has 4 heteroatoms. The Bertz CT molecular complexity index is 291. The van der Waals surface area contributed by atoms with E-state index in [2.05, 4.69) is 6.92 Å². The second kappa shape index (κ2) is 6.71. The van der Waals surface area contributed by atoms with Gasteiger partial charge in [0.15, 0.2) is 0 Å². The van der Waals surface area contributed by atoms with Gasteiger partial charge in [-0.1, -0.05) is 6.92 Å². The molecule has 1 aliphatic rings. The summed E-state index contributed by atoms with van der Waals surface area (Å²) in [7, 11) is 0. The van der Waals surface area contributed by atoms with E-state index in [9.17, 15) is 9.90 Å². The third-order valence-corrected chi connectivity index (χ3v) is 4.12. The minimum atomic E-state index is -0.782. The third kappa shape index (κ3) is 5.11. The number of ether oxygens (including phenoxy) is 2. The lowest BCUT2D eigenvalue weighted by Gasteiger charge is -2.37. The molecule has 0 amide bonds. The molecule has 0 bridgehead atoms. The van der Waals surface area contributed by atoms with Crippen molar-refractivity contribution in [1.29, 1.82) is 0 Å². The highest BCUT2D eigenvalue weighted by molar-refractivity contribution is 5.72. The molecule has 0 aliphatic heterocycles. The number of hydrogen-bond donors (Lipinski definition) is 1. The summed E-state index contributed by atoms with van der Waals surface area (Å²) < 4.78 is 10.8. The van der Waals surface area contributed by atoms with Gasteiger partial charge in [-0.15, -0.1) is 0 Å². The molecule has 0 aromatic carbocycles. The number of esters is 1. The molecule has 1 N–H and O–H groups in total. The summed E-state index contributed by atoms with van der Waals surface area (Å²) in [5, 5.41) is 10.5. The Morgan fingerprint density at radius 1 is 1.32 bits per heavy atom. The maximum absolute atomic E-state index is 11.6. The van der Waals surface area contributed by atoms with Gasteiger partial charge in [-0.25, -0.2) is 0 Å². The number of rotatable bonds is 6. The van der Waals surface area contributed by atoms with Crippen molar-refractivity contribution in [1.82, 2.24) is 0 Å². The van der Waals surface area contributed by atoms with E-state index < -0.39 is 5.60 Å². The van der Waals surface area contributed by atoms with Crippen LogP contribution in [0.2, 0.25) is 0 Å². The lowest BCUT2D eigenvalue weighted by molar-refractivity contribution is -0.155. The van der Waals surface area contributed by atoms with Crippen molar-refractivity contribution < 1.29 is 19.4 Å². The molecule has 0 aromatic heterocycles. The molecule has 0 aromatic rings. The molecule has 112 valence electrons. The number of hydrogen-bond acceptors (Lipinski definition) is 4. The van der Waals surface area contributed by atoms with Gasteiger partial charge in [0.05, 0.1) is 30.3 Å². The van der Waals surface area contributed by atoms with Crippen LogP contribution in [0.3, 0.4) is 0 Å². The topological polar surface area (TPSA) is 55.8 Å². The van der Waals surface area contributed by atoms with Crippen LogP contribution in [0.5, 0.6) is 0 Å². The lowest BCUT2D eigenvalue weighted by atomic mass is 9.79. The lowest BCUT2D eigenvalue weighted by Crippen LogP contribution is -2.43. The summed E-state index contributed by atoms with van der Waals surface area (Å²) in [4.78, 5) is 11.6. The van der Waals surface area contributed by atoms with Crippen LogP contribution in [0.1, 0.15) is 59.8 Å². The molecule has 1 rings (SSSR count). The summed E-state index contributed by atoms with van der Waals surface area (Å²) in [5.74, 6) is -0.182. The Hall–Kier alpha value is -0.610. The molecule has 0 saturated heterocycles. The zero-order chi connectivity index (χ0) is 14.5. The molecule has 0 spiro atoms. The highest BCUT2D eigenvalue weighted by Gasteiger charge is 2.37. The molecule has 1 fully saturated rings. The summed E-state index contributed by atoms with van der Waals surface area (Å²) in [6.07, 6.45) is 3.50. The fourth-order valence-corrected chi connectivity index (χ4v) is 2.23. The summed E-state index contributed by atoms with van der Waals surface area (Å²) in [6.45, 7) is 8.72. The normalized spacial score (nSPS) is 28.2. The van der Waals surface area contributed by atoms with Crippen molar-refractivity contribution in [2.24, 2.45) is 5.92 Å². The molecule has 1 aliphatic carbocycles. The Balaban J connectivity index is 2.41. The molecule has 0 heterocycles. The average molecular weight is 272 g/mol. The Kier molecular flexibility index (Phi) is 5.81. The van der Waals surface area contributed by atoms with E-state index in [4.69, 9.17) is 9.47 Å². The Morgan fingerprint density at radius 2 is 1.89 bits per heavy atom. The molecule has 1 saturated carbocycles. The smallest absolute Gasteiger partial charge is 0.308 e. The molecule has 19 heavy (non-hydrogen) atoms. The fourth-order valence-electron chi connectivity index (χ4n) is 2.23. The van der Waals surface area contributed by atoms with Crippen LogP contribution in [0.25, 0.3) is 0 Å². The van der Waals surface area contributed by atoms with E-state index in [1.54, 1.807) is 0 Å². The second-order valence-electron chi connectivity index (χ2n) is 6.15. The highest BCUT2D eigenvalue weighted by atomic mass is 16.5. The fraction of sp³-hybridized carbons (Fsp3) is 0.933. The first kappa shape index (κ1) is 16.4. The number of aliphatic hydroxyl groups is 1. The molecule has 0 unspecified atom stereocenters. The first-order valence-electron chi connectivity index (χ1n) is 7.35. The number of carbonyl (C=O) groups is 1. The van der Waals surface area contributed by atoms with E-state index in [-0.39, 0.29) is 17.5 Å². The van der Waals surface area contributed by atoms with Crippen LogP contribution in [0.4, 0.5) is 0 Å². The van der Waals surface area contributed by atoms with E-state index in [0.717, 1.165) is 6.42 Å². The van der Waals surface area contributed by atoms with E-state index in [1.165, 1.54) is 0 Å². The van der Waals surface area contributed by atoms with Gasteiger partial charge in [0, 0.05) is 0 Å². The van der Waals surface area contributed by atoms with Crippen molar-refractivity contribution in [3.05, 3.63) is 0 Å². The molecule has 0 atom stereocenters. The monoisotopic (exact) mass is 272 g/mol. The Morgan fingerprint density at radius 3 is 2.37 bits per heavy atom. The van der Waals surface area contributed by atoms with Crippen LogP contribution in [0, 0.1) is 5.92 Å². The van der Waals surface area contributed by atoms with Gasteiger partial charge in [-0.05, 0) is 52.9 Å². The van der Waals surface area contributed by atoms with Crippen LogP contribution >= 0.6 is 0 Å². The first-order valence-corrected chi connectivity index (χ1v) is 7.35. The maximum atomic E-state index is 11.6. The number of carbonyl (C=O) groups excluding carboxylic acids is 1. The summed E-state index contributed by atoms with van der Waals surface area (Å²) >= 11 is 0. The zero-order valence-corrected chi connectivity index (χ0v) is 12.7. The third-order valence-electron chi connectivity index (χ3n) is 4.12. The molecular weight excluding hydrogens is 244 g/mol. The summed E-state index contributed by atoms with van der Waals surface area (Å²) in [6, 6.07) is 0. The van der Waals surface area contributed by atoms with Crippen LogP contribution < -0.4 is 0 Å². The first-order chi connectivity index (χ1) is 8.82. The van der Waals surface area contributed by atoms with Gasteiger partial charge >= 0.3 is 5.97 Å². The molecular formula is C15H28O4. The molecule has 0 radical (unpaired) electrons. The van der Waals surface area contributed by atoms with E-state index >= 15 is 0 Å². The van der Waals surface area contributed by atoms with Crippen LogP contribution in [0.15, 0.2) is 0 Å². The second-order valence-corrected chi connectivity index (χ2v) is 6.15. The van der Waals surface area contributed by atoms with Crippen LogP contribution in [-0.2, 0) is 14.3 Å². The van der Waals surface area contributed by atoms with Gasteiger partial charge in [-0.2, -0.15) is 0 Å². The summed E-state index contributed by atoms with van der Waals surface area (Å²) in [5.41, 5.74) is -0.983. The van der Waals surface area contributed by atoms with Crippen molar-refractivity contribution in [2.75, 3.05) is 13.2 Å². The van der Waals surface area contributed by atoms with Crippen LogP contribution in [-0.4, -0.2) is 35.5 Å². The minimum absolute atomic E-state index is 0.0561. The van der Waals surface area contributed by atoms with E-state index in [0.29, 0.717) is 38.9 Å². The van der Waals surface area contributed by atoms with Crippen molar-refractivity contribution in [2.45, 2.75) is 71.0 Å². The quantitative estimate of drug-likeness (QED) is 0.755. The largest absolute Gasteiger partial charge is 0.466 e. The SMILES string of the molecule is CCOC(=O)C1CCC(O)(COC(C)(C)CC)CC1. The van der Waals surface area contributed by atoms with Gasteiger partial charge in [0.2, 0.25) is 0 Å². The van der Waals surface area contributed by atoms with Gasteiger partial charge < -0.3 is 14.6 Å². The minimum Gasteiger partial charge on any atom is -0.466 e. The predicted octanol–water partition coefficient (Wildman–Crippen LogP) is 2.68. The van der Waals surface area contributed by atoms with Gasteiger partial charge in [-0.3, -0.25) is 4.79 Å². The highest BCUT2D eigenvalue weighted by Crippen LogP contribution is 2.34. The van der Waals surface area contributed by atoms with E-state index in [1.807, 2.05) is 20.8 Å². The average Bonchev–Trinajstić information content (AvgIpc) is 2.38. The van der Waals surface area contributed by atoms with Crippen molar-refractivity contribution >= 4 is 5.97 Å². The van der Waals surface area contributed by atoms with Gasteiger partial charge in [0.25, 0.3) is 0 Å². The standard InChI is InChI=1S/C15H28O4/c1-5-14(3,4)19-11-15(17)9-7-12(8-10-15)13(16)18-6-2/h12,17H,5-11H2,1-4H3. The zero-order valence-electron chi connectivity index (χ0n) is 12.7.